The van der Waals surface area contributed by atoms with Gasteiger partial charge in [0.15, 0.2) is 0 Å². The van der Waals surface area contributed by atoms with Crippen LogP contribution >= 0.6 is 0 Å². The second-order valence-electron chi connectivity index (χ2n) is 4.85. The number of hydrogen-bond acceptors (Lipinski definition) is 2. The van der Waals surface area contributed by atoms with E-state index in [0.29, 0.717) is 6.04 Å². The molecule has 16 heavy (non-hydrogen) atoms. The zero-order valence-corrected chi connectivity index (χ0v) is 11.1. The van der Waals surface area contributed by atoms with Crippen LogP contribution in [0.15, 0.2) is 18.3 Å². The van der Waals surface area contributed by atoms with Crippen LogP contribution in [0, 0.1) is 0 Å². The summed E-state index contributed by atoms with van der Waals surface area (Å²) in [5.41, 5.74) is 1.28. The lowest BCUT2D eigenvalue weighted by molar-refractivity contribution is 0.0118. The van der Waals surface area contributed by atoms with Crippen LogP contribution in [-0.2, 0) is 11.3 Å². The lowest BCUT2D eigenvalue weighted by Gasteiger charge is -2.24. The smallest absolute Gasteiger partial charge is 0.0639 e. The monoisotopic (exact) mass is 224 g/mol. The van der Waals surface area contributed by atoms with E-state index in [1.807, 2.05) is 7.05 Å². The van der Waals surface area contributed by atoms with E-state index in [1.54, 1.807) is 7.11 Å². The maximum Gasteiger partial charge on any atom is 0.0639 e. The zero-order valence-electron chi connectivity index (χ0n) is 11.1. The number of rotatable bonds is 6. The summed E-state index contributed by atoms with van der Waals surface area (Å²) in [5, 5.41) is 3.27. The van der Waals surface area contributed by atoms with E-state index in [0.717, 1.165) is 13.0 Å². The molecule has 1 atom stereocenters. The van der Waals surface area contributed by atoms with Crippen molar-refractivity contribution in [3.8, 4) is 0 Å². The average molecular weight is 224 g/mol. The molecular weight excluding hydrogens is 200 g/mol. The Hall–Kier alpha value is -0.800. The summed E-state index contributed by atoms with van der Waals surface area (Å²) in [7, 11) is 3.76. The van der Waals surface area contributed by atoms with Crippen LogP contribution in [0.1, 0.15) is 38.9 Å². The lowest BCUT2D eigenvalue weighted by Crippen LogP contribution is -2.25. The van der Waals surface area contributed by atoms with E-state index in [-0.39, 0.29) is 5.60 Å². The first-order chi connectivity index (χ1) is 7.50. The first-order valence-electron chi connectivity index (χ1n) is 5.87. The van der Waals surface area contributed by atoms with Crippen molar-refractivity contribution in [2.75, 3.05) is 14.2 Å². The molecule has 1 unspecified atom stereocenters. The predicted molar refractivity (Wildman–Crippen MR) is 67.6 cm³/mol. The maximum atomic E-state index is 5.43. The molecule has 3 nitrogen and oxygen atoms in total. The molecule has 0 bridgehead atoms. The van der Waals surface area contributed by atoms with Gasteiger partial charge in [-0.15, -0.1) is 0 Å². The molecule has 0 aliphatic carbocycles. The molecule has 0 saturated carbocycles. The Balaban J connectivity index is 2.64. The number of hydrogen-bond donors (Lipinski definition) is 1. The van der Waals surface area contributed by atoms with Gasteiger partial charge in [-0.3, -0.25) is 0 Å². The molecule has 0 aliphatic heterocycles. The molecule has 1 N–H and O–H groups in total. The predicted octanol–water partition coefficient (Wildman–Crippen LogP) is 2.58. The number of methoxy groups -OCH3 is 1. The van der Waals surface area contributed by atoms with Gasteiger partial charge in [-0.2, -0.15) is 0 Å². The van der Waals surface area contributed by atoms with Gasteiger partial charge in [0.2, 0.25) is 0 Å². The summed E-state index contributed by atoms with van der Waals surface area (Å²) in [6.45, 7) is 7.41. The minimum Gasteiger partial charge on any atom is -0.379 e. The fraction of sp³-hybridized carbons (Fsp3) is 0.692. The van der Waals surface area contributed by atoms with Crippen LogP contribution in [-0.4, -0.2) is 24.3 Å². The molecular formula is C13H24N2O. The third-order valence-corrected chi connectivity index (χ3v) is 3.25. The van der Waals surface area contributed by atoms with Crippen molar-refractivity contribution < 1.29 is 4.74 Å². The highest BCUT2D eigenvalue weighted by Gasteiger charge is 2.17. The zero-order chi connectivity index (χ0) is 12.2. The van der Waals surface area contributed by atoms with E-state index in [1.165, 1.54) is 5.69 Å². The van der Waals surface area contributed by atoms with Crippen molar-refractivity contribution >= 4 is 0 Å². The molecule has 1 rings (SSSR count). The van der Waals surface area contributed by atoms with Crippen LogP contribution in [0.3, 0.4) is 0 Å². The molecule has 1 heterocycles. The molecule has 3 heteroatoms. The Bertz CT molecular complexity index is 317. The summed E-state index contributed by atoms with van der Waals surface area (Å²) >= 11 is 0. The highest BCUT2D eigenvalue weighted by atomic mass is 16.5. The van der Waals surface area contributed by atoms with Gasteiger partial charge in [0.1, 0.15) is 0 Å². The van der Waals surface area contributed by atoms with Crippen molar-refractivity contribution in [2.24, 2.45) is 0 Å². The van der Waals surface area contributed by atoms with Gasteiger partial charge in [0, 0.05) is 31.6 Å². The first kappa shape index (κ1) is 13.3. The minimum atomic E-state index is -0.0512. The van der Waals surface area contributed by atoms with Crippen LogP contribution in [0.5, 0.6) is 0 Å². The van der Waals surface area contributed by atoms with E-state index in [2.05, 4.69) is 49.0 Å². The Morgan fingerprint density at radius 3 is 2.75 bits per heavy atom. The number of nitrogens with one attached hydrogen (secondary N) is 1. The fourth-order valence-corrected chi connectivity index (χ4v) is 1.66. The van der Waals surface area contributed by atoms with Crippen molar-refractivity contribution in [1.82, 2.24) is 9.88 Å². The highest BCUT2D eigenvalue weighted by Crippen LogP contribution is 2.18. The van der Waals surface area contributed by atoms with Crippen LogP contribution < -0.4 is 5.32 Å². The van der Waals surface area contributed by atoms with Gasteiger partial charge in [-0.25, -0.2) is 0 Å². The van der Waals surface area contributed by atoms with Gasteiger partial charge in [-0.1, -0.05) is 0 Å². The van der Waals surface area contributed by atoms with Gasteiger partial charge in [-0.05, 0) is 46.4 Å². The Labute approximate surface area is 98.8 Å². The molecule has 0 saturated heterocycles. The van der Waals surface area contributed by atoms with E-state index in [4.69, 9.17) is 4.74 Å². The third-order valence-electron chi connectivity index (χ3n) is 3.25. The van der Waals surface area contributed by atoms with Gasteiger partial charge >= 0.3 is 0 Å². The molecule has 1 aromatic heterocycles. The Morgan fingerprint density at radius 2 is 2.19 bits per heavy atom. The second-order valence-corrected chi connectivity index (χ2v) is 4.85. The Morgan fingerprint density at radius 1 is 1.50 bits per heavy atom. The maximum absolute atomic E-state index is 5.43. The number of aryl methyl sites for hydroxylation is 1. The van der Waals surface area contributed by atoms with Gasteiger partial charge in [0.25, 0.3) is 0 Å². The van der Waals surface area contributed by atoms with Crippen LogP contribution in [0.4, 0.5) is 0 Å². The first-order valence-corrected chi connectivity index (χ1v) is 5.87. The summed E-state index contributed by atoms with van der Waals surface area (Å²) in [5.74, 6) is 0. The molecule has 0 aliphatic rings. The summed E-state index contributed by atoms with van der Waals surface area (Å²) in [4.78, 5) is 0. The molecule has 0 amide bonds. The largest absolute Gasteiger partial charge is 0.379 e. The van der Waals surface area contributed by atoms with Crippen molar-refractivity contribution in [1.29, 1.82) is 0 Å². The number of nitrogens with zero attached hydrogens (tertiary/aromatic N) is 1. The Kier molecular flexibility index (Phi) is 4.56. The summed E-state index contributed by atoms with van der Waals surface area (Å²) in [6.07, 6.45) is 3.15. The molecule has 0 spiro atoms. The SMILES string of the molecule is CNC(C)c1cccn1CCC(C)(C)OC. The second kappa shape index (κ2) is 5.51. The standard InChI is InChI=1S/C13H24N2O/c1-11(14-4)12-7-6-9-15(12)10-8-13(2,3)16-5/h6-7,9,11,14H,8,10H2,1-5H3. The fourth-order valence-electron chi connectivity index (χ4n) is 1.66. The summed E-state index contributed by atoms with van der Waals surface area (Å²) < 4.78 is 7.73. The van der Waals surface area contributed by atoms with E-state index in [9.17, 15) is 0 Å². The third kappa shape index (κ3) is 3.35. The van der Waals surface area contributed by atoms with Crippen molar-refractivity contribution in [3.63, 3.8) is 0 Å². The summed E-state index contributed by atoms with van der Waals surface area (Å²) in [6, 6.07) is 4.66. The van der Waals surface area contributed by atoms with Gasteiger partial charge < -0.3 is 14.6 Å². The average Bonchev–Trinajstić information content (AvgIpc) is 2.73. The molecule has 0 fully saturated rings. The van der Waals surface area contributed by atoms with Crippen LogP contribution in [0.25, 0.3) is 0 Å². The minimum absolute atomic E-state index is 0.0512. The molecule has 0 aromatic carbocycles. The van der Waals surface area contributed by atoms with E-state index >= 15 is 0 Å². The van der Waals surface area contributed by atoms with Crippen LogP contribution in [0.2, 0.25) is 0 Å². The lowest BCUT2D eigenvalue weighted by atomic mass is 10.1. The highest BCUT2D eigenvalue weighted by molar-refractivity contribution is 5.11. The topological polar surface area (TPSA) is 26.2 Å². The molecule has 1 aromatic rings. The number of ether oxygens (including phenoxy) is 1. The van der Waals surface area contributed by atoms with Crippen molar-refractivity contribution in [3.05, 3.63) is 24.0 Å². The normalized spacial score (nSPS) is 14.1. The molecule has 0 radical (unpaired) electrons. The van der Waals surface area contributed by atoms with E-state index < -0.39 is 0 Å². The van der Waals surface area contributed by atoms with Crippen molar-refractivity contribution in [2.45, 2.75) is 45.4 Å². The van der Waals surface area contributed by atoms with Gasteiger partial charge in [0.05, 0.1) is 5.60 Å². The number of aromatic nitrogens is 1. The quantitative estimate of drug-likeness (QED) is 0.804. The molecule has 92 valence electrons.